The molecule has 0 saturated heterocycles. The molecule has 0 fully saturated rings. The van der Waals surface area contributed by atoms with E-state index in [4.69, 9.17) is 11.6 Å². The van der Waals surface area contributed by atoms with Crippen LogP contribution in [0.1, 0.15) is 33.9 Å². The Kier molecular flexibility index (Phi) is 4.69. The Morgan fingerprint density at radius 1 is 1.00 bits per heavy atom. The monoisotopic (exact) mass is 379 g/mol. The second-order valence-electron chi connectivity index (χ2n) is 6.21. The maximum absolute atomic E-state index is 13.3. The highest BCUT2D eigenvalue weighted by molar-refractivity contribution is 6.30. The summed E-state index contributed by atoms with van der Waals surface area (Å²) in [5.41, 5.74) is 2.97. The fourth-order valence-corrected chi connectivity index (χ4v) is 3.21. The number of hydrogen-bond acceptors (Lipinski definition) is 3. The molecule has 2 aromatic carbocycles. The molecule has 0 radical (unpaired) electrons. The minimum absolute atomic E-state index is 0.213. The van der Waals surface area contributed by atoms with E-state index in [2.05, 4.69) is 10.1 Å². The number of hydrogen-bond donors (Lipinski definition) is 0. The fraction of sp³-hybridized carbons (Fsp3) is 0.0952. The zero-order valence-corrected chi connectivity index (χ0v) is 15.0. The van der Waals surface area contributed by atoms with Crippen LogP contribution in [0.25, 0.3) is 0 Å². The summed E-state index contributed by atoms with van der Waals surface area (Å²) >= 11 is 6.00. The second-order valence-corrected chi connectivity index (χ2v) is 6.65. The minimum atomic E-state index is -0.309. The van der Waals surface area contributed by atoms with E-state index < -0.39 is 0 Å². The van der Waals surface area contributed by atoms with E-state index >= 15 is 0 Å². The van der Waals surface area contributed by atoms with Gasteiger partial charge in [-0.1, -0.05) is 35.9 Å². The van der Waals surface area contributed by atoms with Crippen LogP contribution in [0.3, 0.4) is 0 Å². The Labute approximate surface area is 160 Å². The number of carbonyl (C=O) groups excluding carboxylic acids is 1. The van der Waals surface area contributed by atoms with Gasteiger partial charge in [-0.05, 0) is 47.5 Å². The number of amides is 1. The van der Waals surface area contributed by atoms with Crippen molar-refractivity contribution >= 4 is 23.2 Å². The van der Waals surface area contributed by atoms with Crippen LogP contribution in [0.2, 0.25) is 5.02 Å². The van der Waals surface area contributed by atoms with Gasteiger partial charge >= 0.3 is 0 Å². The first kappa shape index (κ1) is 17.4. The molecule has 1 unspecified atom stereocenters. The molecule has 0 aliphatic carbocycles. The number of benzene rings is 2. The van der Waals surface area contributed by atoms with Gasteiger partial charge in [-0.3, -0.25) is 9.78 Å². The number of aromatic nitrogens is 1. The highest BCUT2D eigenvalue weighted by Gasteiger charge is 2.33. The van der Waals surface area contributed by atoms with Crippen molar-refractivity contribution in [3.63, 3.8) is 0 Å². The number of rotatable bonds is 3. The third kappa shape index (κ3) is 3.59. The molecule has 0 bridgehead atoms. The first-order chi connectivity index (χ1) is 13.1. The van der Waals surface area contributed by atoms with Gasteiger partial charge in [0.15, 0.2) is 0 Å². The van der Waals surface area contributed by atoms with Gasteiger partial charge in [0.25, 0.3) is 5.91 Å². The van der Waals surface area contributed by atoms with Gasteiger partial charge in [0.05, 0.1) is 11.8 Å². The lowest BCUT2D eigenvalue weighted by molar-refractivity contribution is 0.0711. The van der Waals surface area contributed by atoms with Crippen LogP contribution in [0.4, 0.5) is 4.39 Å². The highest BCUT2D eigenvalue weighted by Crippen LogP contribution is 2.34. The Bertz CT molecular complexity index is 988. The fourth-order valence-electron chi connectivity index (χ4n) is 3.09. The zero-order chi connectivity index (χ0) is 18.8. The SMILES string of the molecule is O=C(c1ccncc1)N1N=C(c2ccc(F)cc2)CC1c1ccc(Cl)cc1. The van der Waals surface area contributed by atoms with Crippen molar-refractivity contribution in [1.82, 2.24) is 9.99 Å². The molecule has 1 atom stereocenters. The standard InChI is InChI=1S/C21H15ClFN3O/c22-17-5-1-15(2-6-17)20-13-19(14-3-7-18(23)8-4-14)25-26(20)21(27)16-9-11-24-12-10-16/h1-12,20H,13H2. The molecule has 0 spiro atoms. The maximum Gasteiger partial charge on any atom is 0.274 e. The van der Waals surface area contributed by atoms with Crippen molar-refractivity contribution in [3.05, 3.63) is 101 Å². The minimum Gasteiger partial charge on any atom is -0.267 e. The molecular weight excluding hydrogens is 365 g/mol. The van der Waals surface area contributed by atoms with Crippen LogP contribution >= 0.6 is 11.6 Å². The molecule has 4 nitrogen and oxygen atoms in total. The van der Waals surface area contributed by atoms with Crippen molar-refractivity contribution in [2.24, 2.45) is 5.10 Å². The van der Waals surface area contributed by atoms with Crippen molar-refractivity contribution in [3.8, 4) is 0 Å². The van der Waals surface area contributed by atoms with Gasteiger partial charge in [0, 0.05) is 29.4 Å². The quantitative estimate of drug-likeness (QED) is 0.652. The molecule has 0 N–H and O–H groups in total. The number of pyridine rings is 1. The molecule has 1 aliphatic rings. The summed E-state index contributed by atoms with van der Waals surface area (Å²) in [5.74, 6) is -0.522. The van der Waals surface area contributed by atoms with Gasteiger partial charge in [0.1, 0.15) is 5.82 Å². The molecule has 3 aromatic rings. The molecule has 0 saturated carbocycles. The van der Waals surface area contributed by atoms with Crippen molar-refractivity contribution in [2.45, 2.75) is 12.5 Å². The van der Waals surface area contributed by atoms with Gasteiger partial charge in [-0.15, -0.1) is 0 Å². The molecular formula is C21H15ClFN3O. The summed E-state index contributed by atoms with van der Waals surface area (Å²) in [5, 5.41) is 6.68. The van der Waals surface area contributed by atoms with Crippen molar-refractivity contribution in [2.75, 3.05) is 0 Å². The van der Waals surface area contributed by atoms with Gasteiger partial charge in [0.2, 0.25) is 0 Å². The van der Waals surface area contributed by atoms with E-state index in [1.54, 1.807) is 48.8 Å². The third-order valence-electron chi connectivity index (χ3n) is 4.48. The molecule has 134 valence electrons. The summed E-state index contributed by atoms with van der Waals surface area (Å²) in [6.45, 7) is 0. The first-order valence-electron chi connectivity index (χ1n) is 8.44. The van der Waals surface area contributed by atoms with Crippen LogP contribution in [0.5, 0.6) is 0 Å². The molecule has 6 heteroatoms. The lowest BCUT2D eigenvalue weighted by atomic mass is 9.98. The number of hydrazone groups is 1. The predicted molar refractivity (Wildman–Crippen MR) is 102 cm³/mol. The number of carbonyl (C=O) groups is 1. The molecule has 27 heavy (non-hydrogen) atoms. The molecule has 1 aliphatic heterocycles. The Morgan fingerprint density at radius 3 is 2.33 bits per heavy atom. The van der Waals surface area contributed by atoms with Crippen LogP contribution < -0.4 is 0 Å². The Morgan fingerprint density at radius 2 is 1.67 bits per heavy atom. The molecule has 1 aromatic heterocycles. The van der Waals surface area contributed by atoms with E-state index in [0.29, 0.717) is 17.0 Å². The van der Waals surface area contributed by atoms with E-state index in [-0.39, 0.29) is 17.8 Å². The van der Waals surface area contributed by atoms with Gasteiger partial charge in [-0.2, -0.15) is 5.10 Å². The summed E-state index contributed by atoms with van der Waals surface area (Å²) < 4.78 is 13.3. The summed E-state index contributed by atoms with van der Waals surface area (Å²) in [6.07, 6.45) is 3.68. The number of nitrogens with zero attached hydrogens (tertiary/aromatic N) is 3. The largest absolute Gasteiger partial charge is 0.274 e. The molecule has 4 rings (SSSR count). The topological polar surface area (TPSA) is 45.6 Å². The van der Waals surface area contributed by atoms with Crippen LogP contribution in [0, 0.1) is 5.82 Å². The normalized spacial score (nSPS) is 16.3. The first-order valence-corrected chi connectivity index (χ1v) is 8.82. The average Bonchev–Trinajstić information content (AvgIpc) is 3.14. The average molecular weight is 380 g/mol. The van der Waals surface area contributed by atoms with Gasteiger partial charge in [-0.25, -0.2) is 9.40 Å². The summed E-state index contributed by atoms with van der Waals surface area (Å²) in [4.78, 5) is 17.0. The lowest BCUT2D eigenvalue weighted by Crippen LogP contribution is -2.27. The summed E-state index contributed by atoms with van der Waals surface area (Å²) in [7, 11) is 0. The number of halogens is 2. The lowest BCUT2D eigenvalue weighted by Gasteiger charge is -2.22. The second kappa shape index (κ2) is 7.29. The van der Waals surface area contributed by atoms with Crippen LogP contribution in [-0.2, 0) is 0 Å². The van der Waals surface area contributed by atoms with Crippen molar-refractivity contribution in [1.29, 1.82) is 0 Å². The van der Waals surface area contributed by atoms with Crippen molar-refractivity contribution < 1.29 is 9.18 Å². The van der Waals surface area contributed by atoms with E-state index in [0.717, 1.165) is 16.8 Å². The van der Waals surface area contributed by atoms with Crippen LogP contribution in [0.15, 0.2) is 78.2 Å². The van der Waals surface area contributed by atoms with E-state index in [1.807, 2.05) is 12.1 Å². The Hall–Kier alpha value is -3.05. The van der Waals surface area contributed by atoms with Gasteiger partial charge < -0.3 is 0 Å². The van der Waals surface area contributed by atoms with E-state index in [9.17, 15) is 9.18 Å². The summed E-state index contributed by atoms with van der Waals surface area (Å²) in [6, 6.07) is 16.6. The smallest absolute Gasteiger partial charge is 0.267 e. The Balaban J connectivity index is 1.72. The maximum atomic E-state index is 13.3. The predicted octanol–water partition coefficient (Wildman–Crippen LogP) is 4.87. The molecule has 1 amide bonds. The third-order valence-corrected chi connectivity index (χ3v) is 4.73. The van der Waals surface area contributed by atoms with E-state index in [1.165, 1.54) is 17.1 Å². The zero-order valence-electron chi connectivity index (χ0n) is 14.2. The van der Waals surface area contributed by atoms with Crippen LogP contribution in [-0.4, -0.2) is 21.6 Å². The molecule has 2 heterocycles. The highest BCUT2D eigenvalue weighted by atomic mass is 35.5.